The Kier molecular flexibility index (Phi) is 4.57. The highest BCUT2D eigenvalue weighted by molar-refractivity contribution is 8.61. The van der Waals surface area contributed by atoms with Gasteiger partial charge in [-0.2, -0.15) is 0 Å². The van der Waals surface area contributed by atoms with Gasteiger partial charge in [0.25, 0.3) is 0 Å². The number of aliphatic hydroxyl groups is 1. The van der Waals surface area contributed by atoms with E-state index in [9.17, 15) is 10.00 Å². The van der Waals surface area contributed by atoms with Gasteiger partial charge in [0.15, 0.2) is 10.8 Å². The van der Waals surface area contributed by atoms with Gasteiger partial charge in [-0.3, -0.25) is 0 Å². The molecule has 4 N–H and O–H groups in total. The summed E-state index contributed by atoms with van der Waals surface area (Å²) in [5.41, 5.74) is 3.93. The molecule has 3 nitrogen and oxygen atoms in total. The van der Waals surface area contributed by atoms with Crippen molar-refractivity contribution in [3.8, 4) is 0 Å². The summed E-state index contributed by atoms with van der Waals surface area (Å²) < 4.78 is 0. The first-order valence-corrected chi connectivity index (χ1v) is 8.83. The van der Waals surface area contributed by atoms with E-state index in [-0.39, 0.29) is 6.54 Å². The first-order valence-electron chi connectivity index (χ1n) is 4.92. The lowest BCUT2D eigenvalue weighted by Crippen LogP contribution is -2.33. The van der Waals surface area contributed by atoms with Crippen molar-refractivity contribution in [3.05, 3.63) is 35.4 Å². The lowest BCUT2D eigenvalue weighted by atomic mass is 10.0. The molecule has 6 heteroatoms. The molecule has 0 saturated carbocycles. The minimum absolute atomic E-state index is 0.141. The van der Waals surface area contributed by atoms with Crippen LogP contribution in [0.2, 0.25) is 0 Å². The monoisotopic (exact) mass is 277 g/mol. The van der Waals surface area contributed by atoms with Crippen LogP contribution in [0.25, 0.3) is 0 Å². The van der Waals surface area contributed by atoms with Gasteiger partial charge in [-0.05, 0) is 17.5 Å². The van der Waals surface area contributed by atoms with Crippen LogP contribution in [0.4, 0.5) is 0 Å². The van der Waals surface area contributed by atoms with Crippen LogP contribution < -0.4 is 5.73 Å². The van der Waals surface area contributed by atoms with Crippen LogP contribution in [0.15, 0.2) is 24.3 Å². The molecule has 0 radical (unpaired) electrons. The SMILES string of the molecule is CCc1cccc(C(O)(CN)P(O)(=S)S)c1. The van der Waals surface area contributed by atoms with E-state index in [1.807, 2.05) is 19.1 Å². The summed E-state index contributed by atoms with van der Waals surface area (Å²) in [6.45, 7) is 1.87. The van der Waals surface area contributed by atoms with Crippen LogP contribution in [0, 0.1) is 0 Å². The molecular weight excluding hydrogens is 261 g/mol. The first-order chi connectivity index (χ1) is 7.35. The van der Waals surface area contributed by atoms with Crippen molar-refractivity contribution in [3.63, 3.8) is 0 Å². The maximum absolute atomic E-state index is 10.3. The molecule has 0 saturated heterocycles. The van der Waals surface area contributed by atoms with Crippen LogP contribution in [0.5, 0.6) is 0 Å². The first kappa shape index (κ1) is 14.2. The van der Waals surface area contributed by atoms with E-state index >= 15 is 0 Å². The number of hydrogen-bond donors (Lipinski definition) is 4. The zero-order chi connectivity index (χ0) is 12.4. The summed E-state index contributed by atoms with van der Waals surface area (Å²) in [4.78, 5) is 9.81. The van der Waals surface area contributed by atoms with Crippen LogP contribution in [-0.2, 0) is 23.6 Å². The molecule has 0 aliphatic carbocycles. The number of nitrogens with two attached hydrogens (primary N) is 1. The van der Waals surface area contributed by atoms with Crippen LogP contribution in [-0.4, -0.2) is 16.5 Å². The van der Waals surface area contributed by atoms with E-state index in [1.165, 1.54) is 0 Å². The predicted octanol–water partition coefficient (Wildman–Crippen LogP) is 1.58. The molecule has 1 rings (SSSR count). The van der Waals surface area contributed by atoms with Crippen molar-refractivity contribution < 1.29 is 10.00 Å². The summed E-state index contributed by atoms with van der Waals surface area (Å²) in [6, 6.07) is 7.27. The van der Waals surface area contributed by atoms with E-state index in [0.29, 0.717) is 5.56 Å². The zero-order valence-corrected chi connectivity index (χ0v) is 11.6. The highest BCUT2D eigenvalue weighted by Gasteiger charge is 2.39. The number of hydrogen-bond acceptors (Lipinski definition) is 3. The van der Waals surface area contributed by atoms with Gasteiger partial charge < -0.3 is 15.7 Å². The van der Waals surface area contributed by atoms with Gasteiger partial charge in [0.1, 0.15) is 0 Å². The van der Waals surface area contributed by atoms with Gasteiger partial charge in [0.2, 0.25) is 0 Å². The van der Waals surface area contributed by atoms with Gasteiger partial charge in [-0.25, -0.2) is 0 Å². The van der Waals surface area contributed by atoms with Crippen molar-refractivity contribution in [2.24, 2.45) is 5.73 Å². The topological polar surface area (TPSA) is 66.5 Å². The van der Waals surface area contributed by atoms with Gasteiger partial charge in [0.05, 0.1) is 0 Å². The third-order valence-corrected chi connectivity index (χ3v) is 5.87. The molecule has 0 amide bonds. The molecule has 0 aliphatic rings. The molecule has 1 aromatic rings. The number of thiol groups is 1. The number of benzene rings is 1. The summed E-state index contributed by atoms with van der Waals surface area (Å²) in [7, 11) is 0. The van der Waals surface area contributed by atoms with E-state index in [2.05, 4.69) is 12.2 Å². The highest BCUT2D eigenvalue weighted by atomic mass is 32.9. The maximum Gasteiger partial charge on any atom is 0.161 e. The summed E-state index contributed by atoms with van der Waals surface area (Å²) in [5, 5.41) is 8.73. The third kappa shape index (κ3) is 2.67. The lowest BCUT2D eigenvalue weighted by molar-refractivity contribution is 0.132. The molecule has 90 valence electrons. The summed E-state index contributed by atoms with van der Waals surface area (Å²) in [6.07, 6.45) is 0.843. The molecular formula is C10H16NO2PS2. The fourth-order valence-corrected chi connectivity index (χ4v) is 3.29. The summed E-state index contributed by atoms with van der Waals surface area (Å²) >= 11 is 8.82. The Bertz CT molecular complexity index is 421. The average molecular weight is 277 g/mol. The second kappa shape index (κ2) is 5.17. The number of aryl methyl sites for hydroxylation is 1. The molecule has 0 aliphatic heterocycles. The van der Waals surface area contributed by atoms with Gasteiger partial charge >= 0.3 is 0 Å². The number of rotatable bonds is 4. The van der Waals surface area contributed by atoms with Gasteiger partial charge in [-0.15, -0.1) is 12.2 Å². The predicted molar refractivity (Wildman–Crippen MR) is 74.3 cm³/mol. The Hall–Kier alpha value is 0.1000. The van der Waals surface area contributed by atoms with E-state index in [1.54, 1.807) is 12.1 Å². The summed E-state index contributed by atoms with van der Waals surface area (Å²) in [5.74, 6) is 0. The fraction of sp³-hybridized carbons (Fsp3) is 0.400. The molecule has 1 aromatic carbocycles. The molecule has 0 spiro atoms. The Morgan fingerprint density at radius 3 is 2.62 bits per heavy atom. The van der Waals surface area contributed by atoms with Crippen molar-refractivity contribution in [1.82, 2.24) is 0 Å². The average Bonchev–Trinajstić information content (AvgIpc) is 2.26. The van der Waals surface area contributed by atoms with Crippen molar-refractivity contribution in [2.45, 2.75) is 18.7 Å². The standard InChI is InChI=1S/C10H16NO2PS2/c1-2-8-4-3-5-9(6-8)10(12,7-11)14(13,15)16/h3-6,12H,2,7,11H2,1H3,(H2,13,15,16). The molecule has 0 fully saturated rings. The minimum atomic E-state index is -3.18. The highest BCUT2D eigenvalue weighted by Crippen LogP contribution is 2.62. The molecule has 0 bridgehead atoms. The van der Waals surface area contributed by atoms with Crippen LogP contribution >= 0.6 is 17.7 Å². The van der Waals surface area contributed by atoms with E-state index in [0.717, 1.165) is 12.0 Å². The molecule has 0 heterocycles. The van der Waals surface area contributed by atoms with Gasteiger partial charge in [0, 0.05) is 6.54 Å². The van der Waals surface area contributed by atoms with Crippen molar-refractivity contribution >= 4 is 29.5 Å². The van der Waals surface area contributed by atoms with E-state index in [4.69, 9.17) is 17.5 Å². The maximum atomic E-state index is 10.3. The van der Waals surface area contributed by atoms with Crippen LogP contribution in [0.1, 0.15) is 18.1 Å². The Morgan fingerprint density at radius 2 is 2.19 bits per heavy atom. The smallest absolute Gasteiger partial charge is 0.161 e. The Balaban J connectivity index is 3.28. The lowest BCUT2D eigenvalue weighted by Gasteiger charge is -2.32. The Morgan fingerprint density at radius 1 is 1.56 bits per heavy atom. The molecule has 0 aromatic heterocycles. The Labute approximate surface area is 106 Å². The van der Waals surface area contributed by atoms with Crippen LogP contribution in [0.3, 0.4) is 0 Å². The third-order valence-electron chi connectivity index (χ3n) is 2.56. The molecule has 2 unspecified atom stereocenters. The molecule has 16 heavy (non-hydrogen) atoms. The zero-order valence-electron chi connectivity index (χ0n) is 9.00. The second-order valence-corrected chi connectivity index (χ2v) is 9.58. The van der Waals surface area contributed by atoms with Gasteiger partial charge in [-0.1, -0.05) is 43.0 Å². The largest absolute Gasteiger partial charge is 0.375 e. The second-order valence-electron chi connectivity index (χ2n) is 3.62. The molecule has 2 atom stereocenters. The van der Waals surface area contributed by atoms with Crippen molar-refractivity contribution in [2.75, 3.05) is 6.54 Å². The van der Waals surface area contributed by atoms with Crippen molar-refractivity contribution in [1.29, 1.82) is 0 Å². The normalized spacial score (nSPS) is 18.8. The van der Waals surface area contributed by atoms with E-state index < -0.39 is 10.8 Å². The minimum Gasteiger partial charge on any atom is -0.375 e. The quantitative estimate of drug-likeness (QED) is 0.498. The fourth-order valence-electron chi connectivity index (χ4n) is 1.45.